The molecule has 0 nitrogen and oxygen atoms in total. The van der Waals surface area contributed by atoms with E-state index in [1.165, 1.54) is 56.9 Å². The lowest BCUT2D eigenvalue weighted by Crippen LogP contribution is -2.25. The largest absolute Gasteiger partial charge is 0.103 e. The average Bonchev–Trinajstić information content (AvgIpc) is 2.58. The summed E-state index contributed by atoms with van der Waals surface area (Å²) in [5, 5.41) is 1.36. The van der Waals surface area contributed by atoms with Crippen molar-refractivity contribution in [2.24, 2.45) is 17.8 Å². The van der Waals surface area contributed by atoms with Gasteiger partial charge in [0.2, 0.25) is 0 Å². The van der Waals surface area contributed by atoms with Crippen molar-refractivity contribution in [3.8, 4) is 0 Å². The van der Waals surface area contributed by atoms with Crippen LogP contribution in [0.1, 0.15) is 62.8 Å². The van der Waals surface area contributed by atoms with Crippen molar-refractivity contribution in [2.45, 2.75) is 57.3 Å². The minimum absolute atomic E-state index is 0.665. The Morgan fingerprint density at radius 2 is 1.41 bits per heavy atom. The predicted molar refractivity (Wildman–Crippen MR) is 96.8 cm³/mol. The molecule has 0 unspecified atom stereocenters. The molecule has 0 aliphatic heterocycles. The first-order chi connectivity index (χ1) is 10.7. The highest BCUT2D eigenvalue weighted by molar-refractivity contribution is 6.42. The molecular formula is C20H26Cl2. The van der Waals surface area contributed by atoms with Crippen molar-refractivity contribution >= 4 is 23.2 Å². The summed E-state index contributed by atoms with van der Waals surface area (Å²) in [6, 6.07) is 6.18. The molecule has 0 radical (unpaired) electrons. The highest BCUT2D eigenvalue weighted by Crippen LogP contribution is 2.44. The summed E-state index contributed by atoms with van der Waals surface area (Å²) < 4.78 is 0. The molecule has 0 aromatic heterocycles. The maximum atomic E-state index is 6.17. The van der Waals surface area contributed by atoms with E-state index in [-0.39, 0.29) is 0 Å². The molecule has 0 N–H and O–H groups in total. The van der Waals surface area contributed by atoms with Gasteiger partial charge in [0.15, 0.2) is 0 Å². The van der Waals surface area contributed by atoms with Gasteiger partial charge in [0, 0.05) is 0 Å². The molecule has 1 aromatic rings. The van der Waals surface area contributed by atoms with Gasteiger partial charge in [-0.2, -0.15) is 0 Å². The van der Waals surface area contributed by atoms with Crippen LogP contribution in [-0.4, -0.2) is 0 Å². The van der Waals surface area contributed by atoms with Gasteiger partial charge in [0.1, 0.15) is 0 Å². The van der Waals surface area contributed by atoms with Crippen LogP contribution < -0.4 is 0 Å². The standard InChI is InChI=1S/C20H26Cl2/c1-2-14-3-5-15(6-4-14)16-7-9-17(10-8-16)18-11-12-19(21)20(22)13-18/h2,11-17H,1,3-10H2/t14-,15-,16-,17-. The molecule has 2 fully saturated rings. The molecule has 0 atom stereocenters. The zero-order valence-electron chi connectivity index (χ0n) is 13.2. The lowest BCUT2D eigenvalue weighted by atomic mass is 9.68. The Bertz CT molecular complexity index is 506. The van der Waals surface area contributed by atoms with Gasteiger partial charge in [-0.25, -0.2) is 0 Å². The van der Waals surface area contributed by atoms with Gasteiger partial charge < -0.3 is 0 Å². The Kier molecular flexibility index (Phi) is 5.52. The quantitative estimate of drug-likeness (QED) is 0.509. The van der Waals surface area contributed by atoms with Crippen molar-refractivity contribution in [3.63, 3.8) is 0 Å². The number of rotatable bonds is 3. The Morgan fingerprint density at radius 3 is 1.95 bits per heavy atom. The minimum Gasteiger partial charge on any atom is -0.103 e. The molecule has 0 amide bonds. The fraction of sp³-hybridized carbons (Fsp3) is 0.600. The van der Waals surface area contributed by atoms with Crippen molar-refractivity contribution in [2.75, 3.05) is 0 Å². The van der Waals surface area contributed by atoms with E-state index >= 15 is 0 Å². The zero-order valence-corrected chi connectivity index (χ0v) is 14.8. The normalized spacial score (nSPS) is 32.6. The summed E-state index contributed by atoms with van der Waals surface area (Å²) in [5.74, 6) is 3.37. The number of allylic oxidation sites excluding steroid dienone is 1. The van der Waals surface area contributed by atoms with Crippen molar-refractivity contribution in [3.05, 3.63) is 46.5 Å². The van der Waals surface area contributed by atoms with Crippen molar-refractivity contribution in [1.82, 2.24) is 0 Å². The van der Waals surface area contributed by atoms with E-state index in [0.29, 0.717) is 16.0 Å². The number of halogens is 2. The smallest absolute Gasteiger partial charge is 0.0595 e. The summed E-state index contributed by atoms with van der Waals surface area (Å²) in [7, 11) is 0. The molecule has 1 aromatic carbocycles. The van der Waals surface area contributed by atoms with Crippen LogP contribution >= 0.6 is 23.2 Å². The molecule has 0 bridgehead atoms. The fourth-order valence-electron chi connectivity index (χ4n) is 4.54. The summed E-state index contributed by atoms with van der Waals surface area (Å²) in [4.78, 5) is 0. The Labute approximate surface area is 144 Å². The van der Waals surface area contributed by atoms with Crippen LogP contribution in [0.25, 0.3) is 0 Å². The van der Waals surface area contributed by atoms with Gasteiger partial charge in [-0.1, -0.05) is 35.3 Å². The maximum Gasteiger partial charge on any atom is 0.0595 e. The average molecular weight is 337 g/mol. The van der Waals surface area contributed by atoms with Gasteiger partial charge in [-0.05, 0) is 92.7 Å². The van der Waals surface area contributed by atoms with E-state index in [4.69, 9.17) is 23.2 Å². The summed E-state index contributed by atoms with van der Waals surface area (Å²) >= 11 is 12.2. The van der Waals surface area contributed by atoms with Crippen LogP contribution in [0.4, 0.5) is 0 Å². The number of hydrogen-bond donors (Lipinski definition) is 0. The Hall–Kier alpha value is -0.460. The molecule has 2 heteroatoms. The molecule has 3 rings (SSSR count). The van der Waals surface area contributed by atoms with E-state index in [1.54, 1.807) is 0 Å². The molecule has 2 aliphatic carbocycles. The molecule has 22 heavy (non-hydrogen) atoms. The molecular weight excluding hydrogens is 311 g/mol. The van der Waals surface area contributed by atoms with Gasteiger partial charge >= 0.3 is 0 Å². The Morgan fingerprint density at radius 1 is 0.818 bits per heavy atom. The highest BCUT2D eigenvalue weighted by atomic mass is 35.5. The first kappa shape index (κ1) is 16.4. The second-order valence-corrected chi connectivity index (χ2v) is 8.01. The molecule has 0 saturated heterocycles. The highest BCUT2D eigenvalue weighted by Gasteiger charge is 2.30. The fourth-order valence-corrected chi connectivity index (χ4v) is 4.85. The van der Waals surface area contributed by atoms with E-state index in [2.05, 4.69) is 24.8 Å². The van der Waals surface area contributed by atoms with E-state index in [1.807, 2.05) is 6.07 Å². The van der Waals surface area contributed by atoms with E-state index < -0.39 is 0 Å². The van der Waals surface area contributed by atoms with Crippen molar-refractivity contribution < 1.29 is 0 Å². The first-order valence-electron chi connectivity index (χ1n) is 8.75. The van der Waals surface area contributed by atoms with Gasteiger partial charge in [0.05, 0.1) is 10.0 Å². The van der Waals surface area contributed by atoms with Gasteiger partial charge in [-0.15, -0.1) is 6.58 Å². The van der Waals surface area contributed by atoms with Gasteiger partial charge in [-0.3, -0.25) is 0 Å². The molecule has 0 spiro atoms. The summed E-state index contributed by atoms with van der Waals surface area (Å²) in [6.45, 7) is 3.96. The van der Waals surface area contributed by atoms with Crippen LogP contribution in [0.15, 0.2) is 30.9 Å². The summed E-state index contributed by atoms with van der Waals surface area (Å²) in [6.07, 6.45) is 13.1. The third-order valence-corrected chi connectivity index (χ3v) is 6.74. The lowest BCUT2D eigenvalue weighted by Gasteiger charge is -2.37. The first-order valence-corrected chi connectivity index (χ1v) is 9.50. The van der Waals surface area contributed by atoms with E-state index in [9.17, 15) is 0 Å². The topological polar surface area (TPSA) is 0 Å². The van der Waals surface area contributed by atoms with Crippen LogP contribution in [0.3, 0.4) is 0 Å². The molecule has 120 valence electrons. The number of benzene rings is 1. The third kappa shape index (κ3) is 3.71. The van der Waals surface area contributed by atoms with Crippen LogP contribution in [-0.2, 0) is 0 Å². The zero-order chi connectivity index (χ0) is 15.5. The van der Waals surface area contributed by atoms with Crippen LogP contribution in [0.5, 0.6) is 0 Å². The second-order valence-electron chi connectivity index (χ2n) is 7.20. The second kappa shape index (κ2) is 7.41. The van der Waals surface area contributed by atoms with Crippen LogP contribution in [0.2, 0.25) is 10.0 Å². The maximum absolute atomic E-state index is 6.17. The predicted octanol–water partition coefficient (Wildman–Crippen LogP) is 7.26. The van der Waals surface area contributed by atoms with E-state index in [0.717, 1.165) is 17.8 Å². The molecule has 0 heterocycles. The molecule has 2 aliphatic rings. The SMILES string of the molecule is C=C[C@H]1CC[C@H]([C@H]2CC[C@H](c3ccc(Cl)c(Cl)c3)CC2)CC1. The monoisotopic (exact) mass is 336 g/mol. The number of hydrogen-bond acceptors (Lipinski definition) is 0. The third-order valence-electron chi connectivity index (χ3n) is 6.00. The van der Waals surface area contributed by atoms with Crippen LogP contribution in [0, 0.1) is 17.8 Å². The summed E-state index contributed by atoms with van der Waals surface area (Å²) in [5.41, 5.74) is 1.38. The molecule has 2 saturated carbocycles. The lowest BCUT2D eigenvalue weighted by molar-refractivity contribution is 0.171. The van der Waals surface area contributed by atoms with Gasteiger partial charge in [0.25, 0.3) is 0 Å². The minimum atomic E-state index is 0.665. The van der Waals surface area contributed by atoms with Crippen molar-refractivity contribution in [1.29, 1.82) is 0 Å². The Balaban J connectivity index is 1.54.